The van der Waals surface area contributed by atoms with Gasteiger partial charge in [0.1, 0.15) is 10.1 Å². The van der Waals surface area contributed by atoms with Gasteiger partial charge in [-0.1, -0.05) is 31.2 Å². The highest BCUT2D eigenvalue weighted by molar-refractivity contribution is 7.87. The molecule has 5 heteroatoms. The van der Waals surface area contributed by atoms with Gasteiger partial charge in [-0.3, -0.25) is 0 Å². The van der Waals surface area contributed by atoms with Gasteiger partial charge in [0.25, 0.3) is 0 Å². The molecule has 0 saturated carbocycles. The van der Waals surface area contributed by atoms with E-state index < -0.39 is 14.9 Å². The first-order valence-corrected chi connectivity index (χ1v) is 5.10. The van der Waals surface area contributed by atoms with Crippen molar-refractivity contribution in [1.29, 1.82) is 0 Å². The van der Waals surface area contributed by atoms with Gasteiger partial charge in [-0.15, -0.1) is 0 Å². The highest BCUT2D eigenvalue weighted by atomic mass is 32.2. The third-order valence-electron chi connectivity index (χ3n) is 2.38. The summed E-state index contributed by atoms with van der Waals surface area (Å²) in [4.78, 5) is 0. The van der Waals surface area contributed by atoms with Crippen molar-refractivity contribution < 1.29 is 13.0 Å². The van der Waals surface area contributed by atoms with Crippen LogP contribution in [0.4, 0.5) is 0 Å². The highest BCUT2D eigenvalue weighted by Crippen LogP contribution is 2.30. The molecule has 2 unspecified atom stereocenters. The first kappa shape index (κ1) is 12.3. The minimum Gasteiger partial charge on any atom is -0.747 e. The van der Waals surface area contributed by atoms with Crippen LogP contribution in [0.15, 0.2) is 24.3 Å². The largest absolute Gasteiger partial charge is 0.747 e. The zero-order chi connectivity index (χ0) is 9.41. The predicted octanol–water partition coefficient (Wildman–Crippen LogP) is 1.43. The molecule has 76 valence electrons. The van der Waals surface area contributed by atoms with Crippen LogP contribution in [0.2, 0.25) is 0 Å². The summed E-state index contributed by atoms with van der Waals surface area (Å²) >= 11 is 0. The molecule has 1 aliphatic rings. The molecule has 0 amide bonds. The standard InChI is InChI=1S/C8H12O3S.H3N/c1-7-5-3-4-6-8(7,2)12(9,10)11;/h3-7H,1-2H3,(H,9,10,11);1H3. The van der Waals surface area contributed by atoms with Crippen molar-refractivity contribution in [1.82, 2.24) is 6.15 Å². The lowest BCUT2D eigenvalue weighted by atomic mass is 9.91. The van der Waals surface area contributed by atoms with Crippen molar-refractivity contribution in [3.63, 3.8) is 0 Å². The Morgan fingerprint density at radius 2 is 1.92 bits per heavy atom. The van der Waals surface area contributed by atoms with Crippen LogP contribution in [0.25, 0.3) is 0 Å². The summed E-state index contributed by atoms with van der Waals surface area (Å²) in [7, 11) is -4.26. The molecule has 0 aromatic carbocycles. The molecule has 0 spiro atoms. The van der Waals surface area contributed by atoms with Gasteiger partial charge >= 0.3 is 0 Å². The van der Waals surface area contributed by atoms with Gasteiger partial charge < -0.3 is 10.7 Å². The smallest absolute Gasteiger partial charge is 0.104 e. The molecule has 13 heavy (non-hydrogen) atoms. The number of quaternary nitrogens is 1. The van der Waals surface area contributed by atoms with Gasteiger partial charge in [-0.2, -0.15) is 0 Å². The summed E-state index contributed by atoms with van der Waals surface area (Å²) in [5.41, 5.74) is 0. The SMILES string of the molecule is CC1C=CC=CC1(C)S(=O)(=O)[O-].[NH4+]. The molecule has 0 radical (unpaired) electrons. The summed E-state index contributed by atoms with van der Waals surface area (Å²) < 4.78 is 31.4. The second-order valence-corrected chi connectivity index (χ2v) is 4.96. The topological polar surface area (TPSA) is 93.7 Å². The summed E-state index contributed by atoms with van der Waals surface area (Å²) in [5, 5.41) is 0. The van der Waals surface area contributed by atoms with E-state index in [-0.39, 0.29) is 12.1 Å². The molecule has 1 rings (SSSR count). The van der Waals surface area contributed by atoms with Gasteiger partial charge in [-0.25, -0.2) is 8.42 Å². The van der Waals surface area contributed by atoms with E-state index in [1.807, 2.05) is 0 Å². The zero-order valence-electron chi connectivity index (χ0n) is 8.02. The fourth-order valence-corrected chi connectivity index (χ4v) is 1.91. The summed E-state index contributed by atoms with van der Waals surface area (Å²) in [5.74, 6) is -0.259. The number of hydrogen-bond acceptors (Lipinski definition) is 3. The average Bonchev–Trinajstić information content (AvgIpc) is 1.93. The Hall–Kier alpha value is -0.650. The van der Waals surface area contributed by atoms with Crippen LogP contribution in [0.1, 0.15) is 13.8 Å². The molecule has 0 fully saturated rings. The molecule has 4 nitrogen and oxygen atoms in total. The maximum atomic E-state index is 10.9. The van der Waals surface area contributed by atoms with Gasteiger partial charge in [0, 0.05) is 0 Å². The van der Waals surface area contributed by atoms with Gasteiger partial charge in [0.15, 0.2) is 0 Å². The van der Waals surface area contributed by atoms with Crippen molar-refractivity contribution >= 4 is 10.1 Å². The molecule has 0 aliphatic heterocycles. The molecule has 1 aliphatic carbocycles. The first-order chi connectivity index (χ1) is 5.38. The van der Waals surface area contributed by atoms with Crippen LogP contribution in [-0.2, 0) is 10.1 Å². The Balaban J connectivity index is 0.00000144. The zero-order valence-corrected chi connectivity index (χ0v) is 8.84. The van der Waals surface area contributed by atoms with Crippen molar-refractivity contribution in [3.8, 4) is 0 Å². The monoisotopic (exact) mass is 205 g/mol. The van der Waals surface area contributed by atoms with Crippen LogP contribution >= 0.6 is 0 Å². The third kappa shape index (κ3) is 1.99. The van der Waals surface area contributed by atoms with Gasteiger partial charge in [0.2, 0.25) is 0 Å². The molecule has 0 bridgehead atoms. The predicted molar refractivity (Wildman–Crippen MR) is 51.5 cm³/mol. The number of allylic oxidation sites excluding steroid dienone is 3. The Morgan fingerprint density at radius 3 is 2.23 bits per heavy atom. The molecule has 2 atom stereocenters. The molecule has 4 N–H and O–H groups in total. The van der Waals surface area contributed by atoms with E-state index in [0.717, 1.165) is 0 Å². The Labute approximate surface area is 78.7 Å². The maximum absolute atomic E-state index is 10.9. The lowest BCUT2D eigenvalue weighted by Crippen LogP contribution is -2.39. The second-order valence-electron chi connectivity index (χ2n) is 3.17. The summed E-state index contributed by atoms with van der Waals surface area (Å²) in [6.45, 7) is 3.16. The minimum absolute atomic E-state index is 0. The highest BCUT2D eigenvalue weighted by Gasteiger charge is 2.34. The fraction of sp³-hybridized carbons (Fsp3) is 0.500. The number of rotatable bonds is 1. The minimum atomic E-state index is -4.26. The van der Waals surface area contributed by atoms with E-state index in [1.165, 1.54) is 13.0 Å². The van der Waals surface area contributed by atoms with Crippen LogP contribution in [-0.4, -0.2) is 17.7 Å². The summed E-state index contributed by atoms with van der Waals surface area (Å²) in [6, 6.07) is 0. The van der Waals surface area contributed by atoms with E-state index in [2.05, 4.69) is 0 Å². The van der Waals surface area contributed by atoms with Gasteiger partial charge in [0.05, 0.1) is 4.75 Å². The molecule has 0 aromatic rings. The maximum Gasteiger partial charge on any atom is 0.104 e. The van der Waals surface area contributed by atoms with Crippen LogP contribution in [0.3, 0.4) is 0 Å². The van der Waals surface area contributed by atoms with E-state index >= 15 is 0 Å². The Kier molecular flexibility index (Phi) is 3.43. The average molecular weight is 205 g/mol. The quantitative estimate of drug-likeness (QED) is 0.656. The van der Waals surface area contributed by atoms with Crippen molar-refractivity contribution in [2.45, 2.75) is 18.6 Å². The lowest BCUT2D eigenvalue weighted by molar-refractivity contribution is 0.411. The lowest BCUT2D eigenvalue weighted by Gasteiger charge is -2.35. The first-order valence-electron chi connectivity index (χ1n) is 3.69. The number of hydrogen-bond donors (Lipinski definition) is 1. The van der Waals surface area contributed by atoms with Crippen LogP contribution in [0.5, 0.6) is 0 Å². The van der Waals surface area contributed by atoms with E-state index in [9.17, 15) is 13.0 Å². The van der Waals surface area contributed by atoms with Crippen LogP contribution in [0, 0.1) is 5.92 Å². The third-order valence-corrected chi connectivity index (χ3v) is 3.97. The normalized spacial score (nSPS) is 32.7. The fourth-order valence-electron chi connectivity index (χ4n) is 1.13. The summed E-state index contributed by atoms with van der Waals surface area (Å²) in [6.07, 6.45) is 6.50. The van der Waals surface area contributed by atoms with Crippen molar-refractivity contribution in [2.75, 3.05) is 0 Å². The van der Waals surface area contributed by atoms with E-state index in [4.69, 9.17) is 0 Å². The Bertz CT molecular complexity index is 331. The molecular weight excluding hydrogens is 190 g/mol. The van der Waals surface area contributed by atoms with E-state index in [0.29, 0.717) is 0 Å². The van der Waals surface area contributed by atoms with Gasteiger partial charge in [-0.05, 0) is 12.8 Å². The molecule has 0 heterocycles. The van der Waals surface area contributed by atoms with Crippen LogP contribution < -0.4 is 6.15 Å². The Morgan fingerprint density at radius 1 is 1.38 bits per heavy atom. The van der Waals surface area contributed by atoms with E-state index in [1.54, 1.807) is 25.2 Å². The van der Waals surface area contributed by atoms with Crippen molar-refractivity contribution in [2.24, 2.45) is 5.92 Å². The second kappa shape index (κ2) is 3.61. The molecular formula is C8H15NO3S. The molecule has 0 aromatic heterocycles. The van der Waals surface area contributed by atoms with Crippen molar-refractivity contribution in [3.05, 3.63) is 24.3 Å². The molecule has 0 saturated heterocycles.